The molecule has 8 heteroatoms. The number of hydrogen-bond donors (Lipinski definition) is 5. The molecule has 0 bridgehead atoms. The predicted molar refractivity (Wildman–Crippen MR) is 173 cm³/mol. The predicted octanol–water partition coefficient (Wildman–Crippen LogP) is 4.84. The van der Waals surface area contributed by atoms with Gasteiger partial charge in [-0.15, -0.1) is 0 Å². The fourth-order valence-corrected chi connectivity index (χ4v) is 11.9. The maximum atomic E-state index is 12.2. The first kappa shape index (κ1) is 35.7. The van der Waals surface area contributed by atoms with Crippen LogP contribution in [0.5, 0.6) is 0 Å². The summed E-state index contributed by atoms with van der Waals surface area (Å²) in [4.78, 5) is 0. The Bertz CT molecular complexity index is 1060. The van der Waals surface area contributed by atoms with E-state index in [1.807, 2.05) is 0 Å². The molecule has 15 atom stereocenters. The summed E-state index contributed by atoms with van der Waals surface area (Å²) in [6.45, 7) is 16.7. The van der Waals surface area contributed by atoms with Crippen LogP contribution in [-0.2, 0) is 14.2 Å². The molecule has 8 nitrogen and oxygen atoms in total. The highest BCUT2D eigenvalue weighted by Gasteiger charge is 2.70. The number of ether oxygens (including phenoxy) is 3. The number of allylic oxidation sites excluding steroid dienone is 2. The van der Waals surface area contributed by atoms with E-state index in [1.54, 1.807) is 0 Å². The number of fused-ring (bicyclic) bond motifs is 5. The van der Waals surface area contributed by atoms with E-state index in [2.05, 4.69) is 54.5 Å². The molecule has 0 radical (unpaired) electrons. The maximum Gasteiger partial charge on any atom is 0.186 e. The summed E-state index contributed by atoms with van der Waals surface area (Å²) in [5.74, 6) is 1.39. The highest BCUT2D eigenvalue weighted by atomic mass is 16.7. The molecule has 260 valence electrons. The molecule has 45 heavy (non-hydrogen) atoms. The van der Waals surface area contributed by atoms with E-state index in [0.717, 1.165) is 57.8 Å². The molecule has 15 unspecified atom stereocenters. The van der Waals surface area contributed by atoms with Gasteiger partial charge in [-0.05, 0) is 123 Å². The van der Waals surface area contributed by atoms with Gasteiger partial charge in [-0.3, -0.25) is 0 Å². The topological polar surface area (TPSA) is 129 Å². The highest BCUT2D eigenvalue weighted by Crippen LogP contribution is 2.75. The zero-order valence-electron chi connectivity index (χ0n) is 29.2. The van der Waals surface area contributed by atoms with E-state index >= 15 is 0 Å². The van der Waals surface area contributed by atoms with Gasteiger partial charge in [-0.25, -0.2) is 0 Å². The lowest BCUT2D eigenvalue weighted by Crippen LogP contribution is -2.66. The van der Waals surface area contributed by atoms with Gasteiger partial charge in [0.25, 0.3) is 0 Å². The molecule has 1 aliphatic heterocycles. The molecule has 1 saturated heterocycles. The van der Waals surface area contributed by atoms with E-state index < -0.39 is 36.8 Å². The molecule has 5 fully saturated rings. The number of rotatable bonds is 9. The Balaban J connectivity index is 1.39. The Labute approximate surface area is 271 Å². The van der Waals surface area contributed by atoms with Crippen molar-refractivity contribution in [3.8, 4) is 0 Å². The summed E-state index contributed by atoms with van der Waals surface area (Å²) < 4.78 is 17.4. The minimum Gasteiger partial charge on any atom is -0.393 e. The van der Waals surface area contributed by atoms with Crippen LogP contribution in [0.1, 0.15) is 106 Å². The lowest BCUT2D eigenvalue weighted by atomic mass is 9.35. The first-order valence-corrected chi connectivity index (χ1v) is 17.8. The largest absolute Gasteiger partial charge is 0.393 e. The third-order valence-electron chi connectivity index (χ3n) is 14.6. The Morgan fingerprint density at radius 1 is 0.867 bits per heavy atom. The molecule has 0 aromatic carbocycles. The minimum atomic E-state index is -1.39. The molecule has 0 spiro atoms. The van der Waals surface area contributed by atoms with E-state index in [-0.39, 0.29) is 52.1 Å². The Morgan fingerprint density at radius 3 is 2.22 bits per heavy atom. The van der Waals surface area contributed by atoms with Gasteiger partial charge >= 0.3 is 0 Å². The third kappa shape index (κ3) is 5.89. The fraction of sp³-hybridized carbons (Fsp3) is 0.946. The average molecular weight is 637 g/mol. The van der Waals surface area contributed by atoms with Gasteiger partial charge in [0.05, 0.1) is 25.4 Å². The quantitative estimate of drug-likeness (QED) is 0.228. The number of aliphatic hydroxyl groups excluding tert-OH is 5. The average Bonchev–Trinajstić information content (AvgIpc) is 3.34. The van der Waals surface area contributed by atoms with Crippen molar-refractivity contribution in [2.75, 3.05) is 20.3 Å². The molecule has 5 rings (SSSR count). The van der Waals surface area contributed by atoms with Gasteiger partial charge < -0.3 is 39.7 Å². The van der Waals surface area contributed by atoms with Crippen LogP contribution in [0.25, 0.3) is 0 Å². The minimum absolute atomic E-state index is 0.0202. The summed E-state index contributed by atoms with van der Waals surface area (Å²) in [6, 6.07) is 0. The monoisotopic (exact) mass is 636 g/mol. The lowest BCUT2D eigenvalue weighted by Gasteiger charge is -2.70. The molecule has 1 heterocycles. The lowest BCUT2D eigenvalue weighted by molar-refractivity contribution is -0.305. The zero-order chi connectivity index (χ0) is 33.1. The maximum absolute atomic E-state index is 12.2. The van der Waals surface area contributed by atoms with Crippen LogP contribution in [-0.4, -0.2) is 88.8 Å². The molecule has 5 N–H and O–H groups in total. The van der Waals surface area contributed by atoms with Crippen LogP contribution >= 0.6 is 0 Å². The van der Waals surface area contributed by atoms with Crippen LogP contribution in [0.2, 0.25) is 0 Å². The summed E-state index contributed by atoms with van der Waals surface area (Å²) >= 11 is 0. The SMILES string of the molecule is COCC1OC(OCC(CCC=C(C)C)C2CCC3(C)C2C(O)CC2C4(C)CCC(O)C(C)(C)C4CCC23C)C(O)C(O)C1O. The molecule has 0 aromatic heterocycles. The number of methoxy groups -OCH3 is 1. The van der Waals surface area contributed by atoms with Crippen molar-refractivity contribution in [2.24, 2.45) is 51.2 Å². The third-order valence-corrected chi connectivity index (χ3v) is 14.6. The van der Waals surface area contributed by atoms with E-state index in [4.69, 9.17) is 14.2 Å². The van der Waals surface area contributed by atoms with Crippen molar-refractivity contribution in [1.29, 1.82) is 0 Å². The number of aliphatic hydroxyl groups is 5. The molecular formula is C37H64O8. The van der Waals surface area contributed by atoms with Crippen molar-refractivity contribution in [2.45, 2.75) is 149 Å². The Hall–Kier alpha value is -0.580. The highest BCUT2D eigenvalue weighted by molar-refractivity contribution is 5.19. The second-order valence-corrected chi connectivity index (χ2v) is 17.3. The van der Waals surface area contributed by atoms with Crippen molar-refractivity contribution in [3.63, 3.8) is 0 Å². The molecular weight excluding hydrogens is 572 g/mol. The molecule has 4 aliphatic carbocycles. The summed E-state index contributed by atoms with van der Waals surface area (Å²) in [5, 5.41) is 54.9. The summed E-state index contributed by atoms with van der Waals surface area (Å²) in [7, 11) is 1.51. The Morgan fingerprint density at radius 2 is 1.56 bits per heavy atom. The van der Waals surface area contributed by atoms with Gasteiger partial charge in [0.15, 0.2) is 6.29 Å². The zero-order valence-corrected chi connectivity index (χ0v) is 29.2. The second-order valence-electron chi connectivity index (χ2n) is 17.3. The smallest absolute Gasteiger partial charge is 0.186 e. The van der Waals surface area contributed by atoms with Crippen molar-refractivity contribution in [1.82, 2.24) is 0 Å². The van der Waals surface area contributed by atoms with Gasteiger partial charge in [0.2, 0.25) is 0 Å². The molecule has 0 aromatic rings. The molecule has 5 aliphatic rings. The molecule has 4 saturated carbocycles. The second kappa shape index (κ2) is 13.0. The van der Waals surface area contributed by atoms with Gasteiger partial charge in [-0.1, -0.05) is 46.3 Å². The van der Waals surface area contributed by atoms with E-state index in [0.29, 0.717) is 18.4 Å². The van der Waals surface area contributed by atoms with E-state index in [9.17, 15) is 25.5 Å². The van der Waals surface area contributed by atoms with Crippen LogP contribution < -0.4 is 0 Å². The summed E-state index contributed by atoms with van der Waals surface area (Å²) in [5.41, 5.74) is 1.31. The Kier molecular flexibility index (Phi) is 10.3. The van der Waals surface area contributed by atoms with Crippen molar-refractivity contribution < 1.29 is 39.7 Å². The normalized spacial score (nSPS) is 49.8. The first-order chi connectivity index (χ1) is 21.0. The van der Waals surface area contributed by atoms with Gasteiger partial charge in [-0.2, -0.15) is 0 Å². The van der Waals surface area contributed by atoms with Crippen molar-refractivity contribution >= 4 is 0 Å². The van der Waals surface area contributed by atoms with Crippen LogP contribution in [0, 0.1) is 51.2 Å². The number of hydrogen-bond acceptors (Lipinski definition) is 8. The fourth-order valence-electron chi connectivity index (χ4n) is 11.9. The van der Waals surface area contributed by atoms with Gasteiger partial charge in [0.1, 0.15) is 24.4 Å². The summed E-state index contributed by atoms with van der Waals surface area (Å²) in [6.07, 6.45) is 4.53. The van der Waals surface area contributed by atoms with Crippen molar-refractivity contribution in [3.05, 3.63) is 11.6 Å². The first-order valence-electron chi connectivity index (χ1n) is 17.8. The standard InChI is InChI=1S/C37H64O8/c1-21(2)10-9-11-22(19-44-33-32(42)31(41)30(40)25(45-33)20-43-8)23-12-16-37(7)29(23)24(38)18-27-35(5)15-14-28(39)34(3,4)26(35)13-17-36(27,37)6/h10,22-33,38-42H,9,11-20H2,1-8H3. The van der Waals surface area contributed by atoms with E-state index in [1.165, 1.54) is 12.7 Å². The van der Waals surface area contributed by atoms with Gasteiger partial charge in [0, 0.05) is 7.11 Å². The van der Waals surface area contributed by atoms with Crippen LogP contribution in [0.15, 0.2) is 11.6 Å². The molecule has 0 amide bonds. The van der Waals surface area contributed by atoms with Crippen LogP contribution in [0.3, 0.4) is 0 Å². The van der Waals surface area contributed by atoms with Crippen LogP contribution in [0.4, 0.5) is 0 Å².